The topological polar surface area (TPSA) is 50.3 Å². The van der Waals surface area contributed by atoms with Crippen molar-refractivity contribution in [1.82, 2.24) is 14.9 Å². The number of anilines is 2. The van der Waals surface area contributed by atoms with Gasteiger partial charge in [-0.3, -0.25) is 4.90 Å². The van der Waals surface area contributed by atoms with E-state index in [4.69, 9.17) is 4.74 Å². The van der Waals surface area contributed by atoms with Crippen molar-refractivity contribution in [2.75, 3.05) is 31.6 Å². The molecule has 0 saturated carbocycles. The predicted octanol–water partition coefficient (Wildman–Crippen LogP) is 3.50. The molecule has 5 nitrogen and oxygen atoms in total. The summed E-state index contributed by atoms with van der Waals surface area (Å²) in [4.78, 5) is 11.5. The summed E-state index contributed by atoms with van der Waals surface area (Å²) in [5.41, 5.74) is 2.51. The smallest absolute Gasteiger partial charge is 0.134 e. The van der Waals surface area contributed by atoms with E-state index in [9.17, 15) is 0 Å². The van der Waals surface area contributed by atoms with Crippen molar-refractivity contribution < 1.29 is 4.74 Å². The number of likely N-dealkylation sites (tertiary alicyclic amines) is 1. The molecule has 1 atom stereocenters. The Hall–Kier alpha value is -1.98. The summed E-state index contributed by atoms with van der Waals surface area (Å²) in [7, 11) is 0. The minimum atomic E-state index is 0.618. The summed E-state index contributed by atoms with van der Waals surface area (Å²) >= 11 is 0. The SMILES string of the molecule is Cc1cccnc1Nc1cc(C2CCN([C@H]3CCOC3)CC2)ccn1. The normalized spacial score (nSPS) is 22.2. The van der Waals surface area contributed by atoms with E-state index in [0.29, 0.717) is 12.0 Å². The lowest BCUT2D eigenvalue weighted by molar-refractivity contribution is 0.122. The van der Waals surface area contributed by atoms with E-state index < -0.39 is 0 Å². The number of aryl methyl sites for hydroxylation is 1. The largest absolute Gasteiger partial charge is 0.380 e. The molecule has 1 N–H and O–H groups in total. The van der Waals surface area contributed by atoms with Gasteiger partial charge in [0.25, 0.3) is 0 Å². The van der Waals surface area contributed by atoms with Gasteiger partial charge in [0, 0.05) is 25.0 Å². The second-order valence-electron chi connectivity index (χ2n) is 7.10. The molecule has 2 saturated heterocycles. The maximum absolute atomic E-state index is 5.54. The Morgan fingerprint density at radius 3 is 2.76 bits per heavy atom. The van der Waals surface area contributed by atoms with Gasteiger partial charge in [-0.15, -0.1) is 0 Å². The molecule has 2 aromatic rings. The van der Waals surface area contributed by atoms with Crippen LogP contribution in [-0.2, 0) is 4.74 Å². The highest BCUT2D eigenvalue weighted by Gasteiger charge is 2.28. The lowest BCUT2D eigenvalue weighted by atomic mass is 9.89. The third-order valence-electron chi connectivity index (χ3n) is 5.46. The van der Waals surface area contributed by atoms with E-state index in [1.165, 1.54) is 37.9 Å². The second-order valence-corrected chi connectivity index (χ2v) is 7.10. The fourth-order valence-electron chi connectivity index (χ4n) is 3.92. The molecule has 2 aromatic heterocycles. The number of piperidine rings is 1. The Morgan fingerprint density at radius 1 is 1.12 bits per heavy atom. The van der Waals surface area contributed by atoms with E-state index >= 15 is 0 Å². The van der Waals surface area contributed by atoms with Gasteiger partial charge in [0.2, 0.25) is 0 Å². The molecular formula is C20H26N4O. The number of pyridine rings is 2. The average molecular weight is 338 g/mol. The van der Waals surface area contributed by atoms with Crippen LogP contribution in [0.1, 0.15) is 36.3 Å². The first-order valence-corrected chi connectivity index (χ1v) is 9.26. The van der Waals surface area contributed by atoms with Crippen molar-refractivity contribution in [2.24, 2.45) is 0 Å². The monoisotopic (exact) mass is 338 g/mol. The molecule has 25 heavy (non-hydrogen) atoms. The quantitative estimate of drug-likeness (QED) is 0.925. The molecule has 4 heterocycles. The molecule has 2 aliphatic rings. The Labute approximate surface area is 149 Å². The summed E-state index contributed by atoms with van der Waals surface area (Å²) in [5, 5.41) is 3.36. The maximum atomic E-state index is 5.54. The van der Waals surface area contributed by atoms with Crippen LogP contribution >= 0.6 is 0 Å². The molecule has 0 unspecified atom stereocenters. The van der Waals surface area contributed by atoms with Crippen molar-refractivity contribution in [3.05, 3.63) is 47.8 Å². The first-order chi connectivity index (χ1) is 12.3. The Balaban J connectivity index is 1.41. The van der Waals surface area contributed by atoms with Gasteiger partial charge in [0.15, 0.2) is 0 Å². The highest BCUT2D eigenvalue weighted by Crippen LogP contribution is 2.31. The predicted molar refractivity (Wildman–Crippen MR) is 99.3 cm³/mol. The molecule has 2 aliphatic heterocycles. The van der Waals surface area contributed by atoms with E-state index in [2.05, 4.69) is 45.3 Å². The zero-order chi connectivity index (χ0) is 17.1. The highest BCUT2D eigenvalue weighted by atomic mass is 16.5. The number of nitrogens with one attached hydrogen (secondary N) is 1. The zero-order valence-corrected chi connectivity index (χ0v) is 14.8. The van der Waals surface area contributed by atoms with E-state index in [1.54, 1.807) is 0 Å². The molecule has 0 bridgehead atoms. The number of aromatic nitrogens is 2. The molecule has 0 radical (unpaired) electrons. The number of ether oxygens (including phenoxy) is 1. The van der Waals surface area contributed by atoms with Gasteiger partial charge < -0.3 is 10.1 Å². The van der Waals surface area contributed by atoms with Crippen LogP contribution in [-0.4, -0.2) is 47.2 Å². The Bertz CT molecular complexity index is 706. The van der Waals surface area contributed by atoms with Crippen LogP contribution in [0.25, 0.3) is 0 Å². The van der Waals surface area contributed by atoms with Gasteiger partial charge in [0.05, 0.1) is 6.61 Å². The fourth-order valence-corrected chi connectivity index (χ4v) is 3.92. The first-order valence-electron chi connectivity index (χ1n) is 9.26. The van der Waals surface area contributed by atoms with Crippen molar-refractivity contribution in [1.29, 1.82) is 0 Å². The Morgan fingerprint density at radius 2 is 2.00 bits per heavy atom. The summed E-state index contributed by atoms with van der Waals surface area (Å²) in [6.45, 7) is 6.24. The van der Waals surface area contributed by atoms with Gasteiger partial charge in [-0.1, -0.05) is 6.07 Å². The summed E-state index contributed by atoms with van der Waals surface area (Å²) in [5.74, 6) is 2.38. The summed E-state index contributed by atoms with van der Waals surface area (Å²) in [6, 6.07) is 9.00. The molecule has 0 spiro atoms. The number of rotatable bonds is 4. The third-order valence-corrected chi connectivity index (χ3v) is 5.46. The van der Waals surface area contributed by atoms with Gasteiger partial charge in [-0.2, -0.15) is 0 Å². The molecule has 132 valence electrons. The Kier molecular flexibility index (Phi) is 4.95. The van der Waals surface area contributed by atoms with E-state index in [-0.39, 0.29) is 0 Å². The maximum Gasteiger partial charge on any atom is 0.134 e. The zero-order valence-electron chi connectivity index (χ0n) is 14.8. The number of hydrogen-bond acceptors (Lipinski definition) is 5. The van der Waals surface area contributed by atoms with Gasteiger partial charge in [0.1, 0.15) is 11.6 Å². The van der Waals surface area contributed by atoms with Crippen LogP contribution in [0.5, 0.6) is 0 Å². The fraction of sp³-hybridized carbons (Fsp3) is 0.500. The van der Waals surface area contributed by atoms with Crippen molar-refractivity contribution in [3.8, 4) is 0 Å². The average Bonchev–Trinajstić information content (AvgIpc) is 3.19. The van der Waals surface area contributed by atoms with Gasteiger partial charge >= 0.3 is 0 Å². The van der Waals surface area contributed by atoms with Crippen molar-refractivity contribution in [2.45, 2.75) is 38.1 Å². The van der Waals surface area contributed by atoms with Crippen LogP contribution in [0, 0.1) is 6.92 Å². The first kappa shape index (κ1) is 16.5. The van der Waals surface area contributed by atoms with Gasteiger partial charge in [-0.25, -0.2) is 9.97 Å². The van der Waals surface area contributed by atoms with Crippen LogP contribution in [0.4, 0.5) is 11.6 Å². The summed E-state index contributed by atoms with van der Waals surface area (Å²) < 4.78 is 5.54. The minimum absolute atomic E-state index is 0.618. The van der Waals surface area contributed by atoms with Crippen LogP contribution in [0.15, 0.2) is 36.7 Å². The lowest BCUT2D eigenvalue weighted by Crippen LogP contribution is -2.41. The molecule has 5 heteroatoms. The van der Waals surface area contributed by atoms with Crippen LogP contribution in [0.2, 0.25) is 0 Å². The van der Waals surface area contributed by atoms with Crippen LogP contribution in [0.3, 0.4) is 0 Å². The van der Waals surface area contributed by atoms with E-state index in [0.717, 1.165) is 30.4 Å². The summed E-state index contributed by atoms with van der Waals surface area (Å²) in [6.07, 6.45) is 7.33. The molecule has 0 amide bonds. The lowest BCUT2D eigenvalue weighted by Gasteiger charge is -2.35. The van der Waals surface area contributed by atoms with E-state index in [1.807, 2.05) is 18.5 Å². The second kappa shape index (κ2) is 7.50. The number of hydrogen-bond donors (Lipinski definition) is 1. The number of nitrogens with zero attached hydrogens (tertiary/aromatic N) is 3. The molecule has 0 aliphatic carbocycles. The third kappa shape index (κ3) is 3.83. The molecule has 4 rings (SSSR count). The van der Waals surface area contributed by atoms with Crippen molar-refractivity contribution in [3.63, 3.8) is 0 Å². The highest BCUT2D eigenvalue weighted by molar-refractivity contribution is 5.56. The van der Waals surface area contributed by atoms with Crippen molar-refractivity contribution >= 4 is 11.6 Å². The minimum Gasteiger partial charge on any atom is -0.380 e. The molecule has 0 aromatic carbocycles. The molecular weight excluding hydrogens is 312 g/mol. The van der Waals surface area contributed by atoms with Gasteiger partial charge in [-0.05, 0) is 74.5 Å². The molecule has 2 fully saturated rings. The van der Waals surface area contributed by atoms with Crippen LogP contribution < -0.4 is 5.32 Å². The standard InChI is InChI=1S/C20H26N4O/c1-15-3-2-8-22-20(15)23-19-13-17(4-9-21-19)16-5-10-24(11-6-16)18-7-12-25-14-18/h2-4,8-9,13,16,18H,5-7,10-12,14H2,1H3,(H,21,22,23)/t18-/m0/s1.